The predicted molar refractivity (Wildman–Crippen MR) is 147 cm³/mol. The van der Waals surface area contributed by atoms with Gasteiger partial charge < -0.3 is 20.3 Å². The molecule has 2 rings (SSSR count). The van der Waals surface area contributed by atoms with Crippen LogP contribution in [0.25, 0.3) is 0 Å². The fourth-order valence-corrected chi connectivity index (χ4v) is 4.11. The van der Waals surface area contributed by atoms with Gasteiger partial charge in [0.1, 0.15) is 17.7 Å². The molecule has 202 valence electrons. The average Bonchev–Trinajstić information content (AvgIpc) is 2.76. The standard InChI is InChI=1S/C30H43N3O4/c1-10-33(25(26(34)32-29(4,5)6)23-18-20(2)16-17-21(23)3)27(35)24(19-22-14-12-11-13-15-22)31-28(36)37-30(7,8)9/h11-18,24-25H,10,19H2,1-9H3,(H,31,36)(H,32,34). The van der Waals surface area contributed by atoms with Gasteiger partial charge in [-0.15, -0.1) is 0 Å². The molecule has 2 aromatic rings. The molecule has 0 bridgehead atoms. The predicted octanol–water partition coefficient (Wildman–Crippen LogP) is 5.24. The highest BCUT2D eigenvalue weighted by Crippen LogP contribution is 2.27. The first-order chi connectivity index (χ1) is 17.1. The van der Waals surface area contributed by atoms with Gasteiger partial charge in [-0.2, -0.15) is 0 Å². The lowest BCUT2D eigenvalue weighted by Gasteiger charge is -2.36. The third-order valence-electron chi connectivity index (χ3n) is 5.68. The highest BCUT2D eigenvalue weighted by atomic mass is 16.6. The Balaban J connectivity index is 2.54. The smallest absolute Gasteiger partial charge is 0.408 e. The van der Waals surface area contributed by atoms with Gasteiger partial charge in [-0.3, -0.25) is 9.59 Å². The fraction of sp³-hybridized carbons (Fsp3) is 0.500. The molecule has 0 spiro atoms. The van der Waals surface area contributed by atoms with Crippen molar-refractivity contribution < 1.29 is 19.1 Å². The van der Waals surface area contributed by atoms with Crippen LogP contribution in [-0.2, 0) is 20.7 Å². The first-order valence-electron chi connectivity index (χ1n) is 12.8. The highest BCUT2D eigenvalue weighted by molar-refractivity contribution is 5.92. The first-order valence-corrected chi connectivity index (χ1v) is 12.8. The summed E-state index contributed by atoms with van der Waals surface area (Å²) in [4.78, 5) is 42.1. The summed E-state index contributed by atoms with van der Waals surface area (Å²) in [6.45, 7) is 17.0. The molecule has 0 aromatic heterocycles. The molecule has 0 saturated carbocycles. The molecule has 0 aliphatic rings. The topological polar surface area (TPSA) is 87.7 Å². The molecule has 0 radical (unpaired) electrons. The summed E-state index contributed by atoms with van der Waals surface area (Å²) in [5.74, 6) is -0.626. The summed E-state index contributed by atoms with van der Waals surface area (Å²) in [5, 5.41) is 5.82. The molecule has 0 saturated heterocycles. The van der Waals surface area contributed by atoms with Gasteiger partial charge in [-0.25, -0.2) is 4.79 Å². The molecule has 7 heteroatoms. The Morgan fingerprint density at radius 1 is 0.946 bits per heavy atom. The molecule has 0 fully saturated rings. The second kappa shape index (κ2) is 12.3. The van der Waals surface area contributed by atoms with E-state index in [1.165, 1.54) is 0 Å². The van der Waals surface area contributed by atoms with Crippen LogP contribution in [0.2, 0.25) is 0 Å². The van der Waals surface area contributed by atoms with Gasteiger partial charge in [-0.1, -0.05) is 54.1 Å². The van der Waals surface area contributed by atoms with Crippen molar-refractivity contribution in [1.29, 1.82) is 0 Å². The van der Waals surface area contributed by atoms with Crippen LogP contribution in [0.1, 0.15) is 76.8 Å². The lowest BCUT2D eigenvalue weighted by atomic mass is 9.94. The number of nitrogens with zero attached hydrogens (tertiary/aromatic N) is 1. The van der Waals surface area contributed by atoms with Crippen LogP contribution >= 0.6 is 0 Å². The van der Waals surface area contributed by atoms with Crippen LogP contribution in [-0.4, -0.2) is 46.5 Å². The number of carbonyl (C=O) groups excluding carboxylic acids is 3. The van der Waals surface area contributed by atoms with Crippen molar-refractivity contribution in [2.45, 2.75) is 92.0 Å². The Bertz CT molecular complexity index is 1080. The average molecular weight is 510 g/mol. The van der Waals surface area contributed by atoms with Crippen LogP contribution in [0, 0.1) is 13.8 Å². The Kier molecular flexibility index (Phi) is 9.90. The second-order valence-corrected chi connectivity index (χ2v) is 11.5. The zero-order chi connectivity index (χ0) is 28.0. The van der Waals surface area contributed by atoms with Crippen molar-refractivity contribution >= 4 is 17.9 Å². The minimum Gasteiger partial charge on any atom is -0.444 e. The van der Waals surface area contributed by atoms with Crippen molar-refractivity contribution in [2.24, 2.45) is 0 Å². The number of alkyl carbamates (subject to hydrolysis) is 1. The summed E-state index contributed by atoms with van der Waals surface area (Å²) in [7, 11) is 0. The lowest BCUT2D eigenvalue weighted by Crippen LogP contribution is -2.55. The van der Waals surface area contributed by atoms with E-state index in [0.717, 1.165) is 22.3 Å². The van der Waals surface area contributed by atoms with Crippen molar-refractivity contribution in [3.63, 3.8) is 0 Å². The van der Waals surface area contributed by atoms with E-state index in [9.17, 15) is 14.4 Å². The quantitative estimate of drug-likeness (QED) is 0.509. The van der Waals surface area contributed by atoms with Gasteiger partial charge in [0.2, 0.25) is 11.8 Å². The highest BCUT2D eigenvalue weighted by Gasteiger charge is 2.37. The molecular weight excluding hydrogens is 466 g/mol. The number of rotatable bonds is 8. The zero-order valence-corrected chi connectivity index (χ0v) is 23.8. The van der Waals surface area contributed by atoms with Crippen molar-refractivity contribution in [3.8, 4) is 0 Å². The van der Waals surface area contributed by atoms with Crippen LogP contribution in [0.5, 0.6) is 0 Å². The number of amides is 3. The van der Waals surface area contributed by atoms with Crippen LogP contribution in [0.3, 0.4) is 0 Å². The van der Waals surface area contributed by atoms with E-state index in [4.69, 9.17) is 4.74 Å². The maximum absolute atomic E-state index is 14.1. The number of aryl methyl sites for hydroxylation is 2. The number of nitrogens with one attached hydrogen (secondary N) is 2. The second-order valence-electron chi connectivity index (χ2n) is 11.5. The third-order valence-corrected chi connectivity index (χ3v) is 5.68. The minimum atomic E-state index is -0.924. The molecule has 2 atom stereocenters. The molecule has 0 aliphatic heterocycles. The van der Waals surface area contributed by atoms with Gasteiger partial charge in [0.05, 0.1) is 0 Å². The summed E-state index contributed by atoms with van der Waals surface area (Å²) in [5.41, 5.74) is 2.33. The van der Waals surface area contributed by atoms with Gasteiger partial charge in [0, 0.05) is 18.5 Å². The molecular formula is C30H43N3O4. The molecule has 0 heterocycles. The van der Waals surface area contributed by atoms with Gasteiger partial charge >= 0.3 is 6.09 Å². The Hall–Kier alpha value is -3.35. The third kappa shape index (κ3) is 9.23. The molecule has 7 nitrogen and oxygen atoms in total. The summed E-state index contributed by atoms with van der Waals surface area (Å²) >= 11 is 0. The largest absolute Gasteiger partial charge is 0.444 e. The maximum Gasteiger partial charge on any atom is 0.408 e. The molecule has 0 aliphatic carbocycles. The summed E-state index contributed by atoms with van der Waals surface area (Å²) in [6.07, 6.45) is -0.421. The van der Waals surface area contributed by atoms with E-state index < -0.39 is 29.3 Å². The molecule has 2 N–H and O–H groups in total. The SMILES string of the molecule is CCN(C(=O)C(Cc1ccccc1)NC(=O)OC(C)(C)C)C(C(=O)NC(C)(C)C)c1cc(C)ccc1C. The maximum atomic E-state index is 14.1. The van der Waals surface area contributed by atoms with E-state index >= 15 is 0 Å². The van der Waals surface area contributed by atoms with E-state index in [2.05, 4.69) is 10.6 Å². The molecule has 37 heavy (non-hydrogen) atoms. The number of benzene rings is 2. The van der Waals surface area contributed by atoms with E-state index in [1.54, 1.807) is 25.7 Å². The van der Waals surface area contributed by atoms with Crippen LogP contribution in [0.4, 0.5) is 4.79 Å². The molecule has 2 aromatic carbocycles. The minimum absolute atomic E-state index is 0.260. The molecule has 2 unspecified atom stereocenters. The van der Waals surface area contributed by atoms with Crippen molar-refractivity contribution in [3.05, 3.63) is 70.8 Å². The van der Waals surface area contributed by atoms with E-state index in [0.29, 0.717) is 0 Å². The number of ether oxygens (including phenoxy) is 1. The number of likely N-dealkylation sites (N-methyl/N-ethyl adjacent to an activating group) is 1. The van der Waals surface area contributed by atoms with Crippen molar-refractivity contribution in [2.75, 3.05) is 6.54 Å². The number of carbonyl (C=O) groups is 3. The van der Waals surface area contributed by atoms with Gasteiger partial charge in [0.15, 0.2) is 0 Å². The number of hydrogen-bond donors (Lipinski definition) is 2. The van der Waals surface area contributed by atoms with E-state index in [1.807, 2.05) is 90.1 Å². The van der Waals surface area contributed by atoms with Crippen LogP contribution < -0.4 is 10.6 Å². The van der Waals surface area contributed by atoms with Gasteiger partial charge in [-0.05, 0) is 79.0 Å². The monoisotopic (exact) mass is 509 g/mol. The van der Waals surface area contributed by atoms with Crippen LogP contribution in [0.15, 0.2) is 48.5 Å². The first kappa shape index (κ1) is 29.9. The van der Waals surface area contributed by atoms with Crippen molar-refractivity contribution in [1.82, 2.24) is 15.5 Å². The Morgan fingerprint density at radius 3 is 2.11 bits per heavy atom. The number of hydrogen-bond acceptors (Lipinski definition) is 4. The Morgan fingerprint density at radius 2 is 1.57 bits per heavy atom. The molecule has 3 amide bonds. The van der Waals surface area contributed by atoms with Gasteiger partial charge in [0.25, 0.3) is 0 Å². The lowest BCUT2D eigenvalue weighted by molar-refractivity contribution is -0.142. The normalized spacial score (nSPS) is 13.3. The van der Waals surface area contributed by atoms with E-state index in [-0.39, 0.29) is 24.8 Å². The Labute approximate surface area is 222 Å². The summed E-state index contributed by atoms with van der Waals surface area (Å²) < 4.78 is 5.46. The fourth-order valence-electron chi connectivity index (χ4n) is 4.11. The summed E-state index contributed by atoms with van der Waals surface area (Å²) in [6, 6.07) is 13.6. The zero-order valence-electron chi connectivity index (χ0n) is 23.8.